The molecule has 7 nitrogen and oxygen atoms in total. The Morgan fingerprint density at radius 2 is 1.68 bits per heavy atom. The quantitative estimate of drug-likeness (QED) is 0.121. The van der Waals surface area contributed by atoms with E-state index in [0.717, 1.165) is 0 Å². The Labute approximate surface area is 211 Å². The van der Waals surface area contributed by atoms with E-state index in [2.05, 4.69) is 9.97 Å². The first-order valence-electron chi connectivity index (χ1n) is 10.0. The third-order valence-corrected chi connectivity index (χ3v) is 5.48. The molecule has 0 N–H and O–H groups in total. The fourth-order valence-electron chi connectivity index (χ4n) is 3.05. The lowest BCUT2D eigenvalue weighted by Crippen LogP contribution is -2.22. The van der Waals surface area contributed by atoms with Gasteiger partial charge >= 0.3 is 5.97 Å². The van der Waals surface area contributed by atoms with Gasteiger partial charge in [-0.2, -0.15) is 0 Å². The molecular weight excluding hydrogens is 501 g/mol. The van der Waals surface area contributed by atoms with Crippen LogP contribution in [0.5, 0.6) is 5.75 Å². The standard InChI is InChI=1S/C24H20Cl3N3O4/c1-4-34-24(32)19(12-30(2)17-5-7-18(33-3)8-6-17)23(31)22-20(27)21(28-13-29-22)14-9-15(25)11-16(26)10-14/h5-13H,4H2,1-3H3. The second kappa shape index (κ2) is 11.3. The van der Waals surface area contributed by atoms with Crippen molar-refractivity contribution in [1.29, 1.82) is 0 Å². The van der Waals surface area contributed by atoms with Gasteiger partial charge in [-0.15, -0.1) is 0 Å². The maximum Gasteiger partial charge on any atom is 0.343 e. The molecule has 0 saturated carbocycles. The van der Waals surface area contributed by atoms with Crippen LogP contribution < -0.4 is 9.64 Å². The van der Waals surface area contributed by atoms with Gasteiger partial charge in [0.05, 0.1) is 24.4 Å². The van der Waals surface area contributed by atoms with Crippen LogP contribution in [-0.4, -0.2) is 42.5 Å². The summed E-state index contributed by atoms with van der Waals surface area (Å²) in [6, 6.07) is 11.8. The highest BCUT2D eigenvalue weighted by molar-refractivity contribution is 6.39. The van der Waals surface area contributed by atoms with Gasteiger partial charge in [-0.05, 0) is 49.4 Å². The van der Waals surface area contributed by atoms with Crippen LogP contribution in [0.1, 0.15) is 17.4 Å². The number of aromatic nitrogens is 2. The second-order valence-corrected chi connectivity index (χ2v) is 8.20. The molecule has 0 spiro atoms. The molecule has 0 unspecified atom stereocenters. The highest BCUT2D eigenvalue weighted by Crippen LogP contribution is 2.32. The Morgan fingerprint density at radius 1 is 1.03 bits per heavy atom. The molecule has 0 aliphatic rings. The van der Waals surface area contributed by atoms with Crippen LogP contribution in [0.25, 0.3) is 11.3 Å². The molecule has 3 rings (SSSR count). The zero-order valence-electron chi connectivity index (χ0n) is 18.5. The van der Waals surface area contributed by atoms with E-state index in [4.69, 9.17) is 44.3 Å². The third-order valence-electron chi connectivity index (χ3n) is 4.68. The number of benzene rings is 2. The number of ether oxygens (including phenoxy) is 2. The highest BCUT2D eigenvalue weighted by Gasteiger charge is 2.27. The molecule has 0 radical (unpaired) electrons. The van der Waals surface area contributed by atoms with Crippen LogP contribution in [0, 0.1) is 0 Å². The minimum absolute atomic E-state index is 0.0480. The summed E-state index contributed by atoms with van der Waals surface area (Å²) in [4.78, 5) is 35.9. The normalized spacial score (nSPS) is 11.2. The van der Waals surface area contributed by atoms with Gasteiger partial charge in [-0.25, -0.2) is 14.8 Å². The molecule has 176 valence electrons. The lowest BCUT2D eigenvalue weighted by atomic mass is 10.1. The van der Waals surface area contributed by atoms with Crippen LogP contribution in [0.4, 0.5) is 5.69 Å². The third kappa shape index (κ3) is 5.86. The van der Waals surface area contributed by atoms with Crippen LogP contribution in [0.3, 0.4) is 0 Å². The maximum absolute atomic E-state index is 13.4. The Balaban J connectivity index is 2.04. The number of hydrogen-bond acceptors (Lipinski definition) is 7. The number of methoxy groups -OCH3 is 1. The van der Waals surface area contributed by atoms with Crippen molar-refractivity contribution in [2.24, 2.45) is 0 Å². The number of ketones is 1. The van der Waals surface area contributed by atoms with Crippen LogP contribution in [0.2, 0.25) is 15.1 Å². The van der Waals surface area contributed by atoms with E-state index in [9.17, 15) is 9.59 Å². The number of esters is 1. The summed E-state index contributed by atoms with van der Waals surface area (Å²) in [5, 5.41) is 0.699. The molecule has 0 atom stereocenters. The molecule has 0 aliphatic carbocycles. The fourth-order valence-corrected chi connectivity index (χ4v) is 3.86. The van der Waals surface area contributed by atoms with Crippen molar-refractivity contribution in [2.45, 2.75) is 6.92 Å². The summed E-state index contributed by atoms with van der Waals surface area (Å²) in [7, 11) is 3.25. The average Bonchev–Trinajstić information content (AvgIpc) is 2.81. The van der Waals surface area contributed by atoms with Gasteiger partial charge < -0.3 is 14.4 Å². The van der Waals surface area contributed by atoms with Crippen LogP contribution in [0.15, 0.2) is 60.6 Å². The van der Waals surface area contributed by atoms with Gasteiger partial charge in [0.1, 0.15) is 23.3 Å². The monoisotopic (exact) mass is 519 g/mol. The van der Waals surface area contributed by atoms with E-state index >= 15 is 0 Å². The maximum atomic E-state index is 13.4. The molecule has 1 aromatic heterocycles. The fraction of sp³-hybridized carbons (Fsp3) is 0.167. The predicted molar refractivity (Wildman–Crippen MR) is 133 cm³/mol. The second-order valence-electron chi connectivity index (χ2n) is 6.94. The molecule has 0 fully saturated rings. The van der Waals surface area contributed by atoms with E-state index in [0.29, 0.717) is 27.0 Å². The van der Waals surface area contributed by atoms with Crippen LogP contribution in [-0.2, 0) is 9.53 Å². The first kappa shape index (κ1) is 25.5. The summed E-state index contributed by atoms with van der Waals surface area (Å²) in [5.74, 6) is -0.861. The van der Waals surface area contributed by atoms with E-state index in [1.54, 1.807) is 68.4 Å². The molecule has 0 bridgehead atoms. The van der Waals surface area contributed by atoms with Crippen molar-refractivity contribution < 1.29 is 19.1 Å². The van der Waals surface area contributed by atoms with E-state index in [1.165, 1.54) is 12.5 Å². The summed E-state index contributed by atoms with van der Waals surface area (Å²) in [6.45, 7) is 1.73. The number of hydrogen-bond donors (Lipinski definition) is 0. The Morgan fingerprint density at radius 3 is 2.26 bits per heavy atom. The first-order valence-corrected chi connectivity index (χ1v) is 11.2. The van der Waals surface area contributed by atoms with E-state index in [-0.39, 0.29) is 28.6 Å². The van der Waals surface area contributed by atoms with E-state index < -0.39 is 11.8 Å². The van der Waals surface area contributed by atoms with Crippen molar-refractivity contribution >= 4 is 52.2 Å². The molecule has 10 heteroatoms. The van der Waals surface area contributed by atoms with Crippen molar-refractivity contribution in [3.05, 3.63) is 81.3 Å². The number of anilines is 1. The van der Waals surface area contributed by atoms with Gasteiger partial charge in [-0.1, -0.05) is 34.8 Å². The lowest BCUT2D eigenvalue weighted by molar-refractivity contribution is -0.138. The molecule has 0 amide bonds. The zero-order valence-corrected chi connectivity index (χ0v) is 20.8. The summed E-state index contributed by atoms with van der Waals surface area (Å²) < 4.78 is 10.3. The Hall–Kier alpha value is -3.13. The molecule has 34 heavy (non-hydrogen) atoms. The average molecular weight is 521 g/mol. The minimum atomic E-state index is -0.810. The van der Waals surface area contributed by atoms with Gasteiger partial charge in [0.15, 0.2) is 0 Å². The first-order chi connectivity index (χ1) is 16.2. The van der Waals surface area contributed by atoms with Gasteiger partial charge in [0.25, 0.3) is 0 Å². The van der Waals surface area contributed by atoms with Gasteiger partial charge in [-0.3, -0.25) is 4.79 Å². The molecule has 0 saturated heterocycles. The molecular formula is C24H20Cl3N3O4. The molecule has 2 aromatic carbocycles. The van der Waals surface area contributed by atoms with Gasteiger partial charge in [0, 0.05) is 34.5 Å². The minimum Gasteiger partial charge on any atom is -0.497 e. The zero-order chi connectivity index (χ0) is 24.8. The summed E-state index contributed by atoms with van der Waals surface area (Å²) in [6.07, 6.45) is 2.55. The Bertz CT molecular complexity index is 1230. The number of halogens is 3. The number of rotatable bonds is 8. The number of carbonyl (C=O) groups is 2. The van der Waals surface area contributed by atoms with Crippen molar-refractivity contribution in [1.82, 2.24) is 9.97 Å². The van der Waals surface area contributed by atoms with Crippen molar-refractivity contribution in [3.8, 4) is 17.0 Å². The number of carbonyl (C=O) groups excluding carboxylic acids is 2. The van der Waals surface area contributed by atoms with Gasteiger partial charge in [0.2, 0.25) is 5.78 Å². The molecule has 0 aliphatic heterocycles. The molecule has 1 heterocycles. The molecule has 3 aromatic rings. The largest absolute Gasteiger partial charge is 0.497 e. The lowest BCUT2D eigenvalue weighted by Gasteiger charge is -2.17. The SMILES string of the molecule is CCOC(=O)C(=CN(C)c1ccc(OC)cc1)C(=O)c1ncnc(-c2cc(Cl)cc(Cl)c2)c1Cl. The topological polar surface area (TPSA) is 81.6 Å². The summed E-state index contributed by atoms with van der Waals surface area (Å²) in [5.41, 5.74) is 1.03. The van der Waals surface area contributed by atoms with E-state index in [1.807, 2.05) is 0 Å². The highest BCUT2D eigenvalue weighted by atomic mass is 35.5. The van der Waals surface area contributed by atoms with Crippen molar-refractivity contribution in [2.75, 3.05) is 25.7 Å². The van der Waals surface area contributed by atoms with Crippen LogP contribution >= 0.6 is 34.8 Å². The smallest absolute Gasteiger partial charge is 0.343 e. The summed E-state index contributed by atoms with van der Waals surface area (Å²) >= 11 is 18.7. The predicted octanol–water partition coefficient (Wildman–Crippen LogP) is 5.88. The number of Topliss-reactive ketones (excluding diaryl/α,β-unsaturated/α-hetero) is 1. The number of nitrogens with zero attached hydrogens (tertiary/aromatic N) is 3. The Kier molecular flexibility index (Phi) is 8.50. The van der Waals surface area contributed by atoms with Crippen molar-refractivity contribution in [3.63, 3.8) is 0 Å².